The van der Waals surface area contributed by atoms with Gasteiger partial charge < -0.3 is 4.74 Å². The number of para-hydroxylation sites is 1. The predicted octanol–water partition coefficient (Wildman–Crippen LogP) is 2.48. The van der Waals surface area contributed by atoms with Crippen molar-refractivity contribution in [3.8, 4) is 11.6 Å². The van der Waals surface area contributed by atoms with Gasteiger partial charge in [0.15, 0.2) is 0 Å². The van der Waals surface area contributed by atoms with Gasteiger partial charge in [0.2, 0.25) is 0 Å². The van der Waals surface area contributed by atoms with Gasteiger partial charge in [0.1, 0.15) is 34.6 Å². The molecule has 0 bridgehead atoms. The van der Waals surface area contributed by atoms with Crippen molar-refractivity contribution < 1.29 is 13.2 Å². The Bertz CT molecular complexity index is 1260. The lowest BCUT2D eigenvalue weighted by molar-refractivity contribution is 0.418. The maximum atomic E-state index is 13.3. The lowest BCUT2D eigenvalue weighted by Crippen LogP contribution is -2.14. The monoisotopic (exact) mass is 383 g/mol. The summed E-state index contributed by atoms with van der Waals surface area (Å²) >= 11 is 0. The van der Waals surface area contributed by atoms with E-state index < -0.39 is 10.0 Å². The van der Waals surface area contributed by atoms with Crippen LogP contribution in [0.25, 0.3) is 16.9 Å². The lowest BCUT2D eigenvalue weighted by Gasteiger charge is -2.12. The topological polar surface area (TPSA) is 91.9 Å². The Kier molecular flexibility index (Phi) is 3.96. The second kappa shape index (κ2) is 6.20. The quantitative estimate of drug-likeness (QED) is 0.538. The number of pyridine rings is 1. The Morgan fingerprint density at radius 2 is 1.89 bits per heavy atom. The van der Waals surface area contributed by atoms with Crippen molar-refractivity contribution in [2.24, 2.45) is 0 Å². The van der Waals surface area contributed by atoms with Gasteiger partial charge in [-0.1, -0.05) is 6.07 Å². The number of imidazole rings is 2. The Hall–Kier alpha value is -3.20. The van der Waals surface area contributed by atoms with Gasteiger partial charge in [0, 0.05) is 6.20 Å². The number of hydrogen-bond acceptors (Lipinski definition) is 6. The fourth-order valence-electron chi connectivity index (χ4n) is 2.95. The Balaban J connectivity index is 1.86. The van der Waals surface area contributed by atoms with E-state index in [9.17, 15) is 8.42 Å². The molecular weight excluding hydrogens is 366 g/mol. The standard InChI is InChI=1S/C18H17N5O3S/c1-12-7-17(22-9-13(2)20-10-22)19-8-16(12)27(24,25)23-11-21-14-5-4-6-15(26-3)18(14)23/h4-11H,1-3H3. The molecule has 0 radical (unpaired) electrons. The van der Waals surface area contributed by atoms with E-state index in [1.807, 2.05) is 13.1 Å². The molecule has 0 amide bonds. The zero-order valence-electron chi connectivity index (χ0n) is 15.0. The Morgan fingerprint density at radius 3 is 2.56 bits per heavy atom. The average Bonchev–Trinajstić information content (AvgIpc) is 3.27. The summed E-state index contributed by atoms with van der Waals surface area (Å²) in [4.78, 5) is 12.8. The SMILES string of the molecule is COc1cccc2ncn(S(=O)(=O)c3cnc(-n4cnc(C)c4)cc3C)c12. The Morgan fingerprint density at radius 1 is 1.07 bits per heavy atom. The molecule has 0 aliphatic heterocycles. The number of hydrogen-bond donors (Lipinski definition) is 0. The summed E-state index contributed by atoms with van der Waals surface area (Å²) in [6.45, 7) is 3.61. The van der Waals surface area contributed by atoms with Gasteiger partial charge in [0.05, 0.1) is 24.5 Å². The van der Waals surface area contributed by atoms with Crippen LogP contribution >= 0.6 is 0 Å². The summed E-state index contributed by atoms with van der Waals surface area (Å²) in [5, 5.41) is 0. The van der Waals surface area contributed by atoms with Crippen LogP contribution in [0.1, 0.15) is 11.3 Å². The van der Waals surface area contributed by atoms with Crippen molar-refractivity contribution in [2.75, 3.05) is 7.11 Å². The summed E-state index contributed by atoms with van der Waals surface area (Å²) < 4.78 is 34.7. The van der Waals surface area contributed by atoms with Gasteiger partial charge in [-0.25, -0.2) is 27.3 Å². The summed E-state index contributed by atoms with van der Waals surface area (Å²) in [5.41, 5.74) is 2.36. The van der Waals surface area contributed by atoms with E-state index in [1.165, 1.54) is 19.6 Å². The first kappa shape index (κ1) is 17.2. The van der Waals surface area contributed by atoms with Crippen LogP contribution in [0.3, 0.4) is 0 Å². The molecule has 8 nitrogen and oxygen atoms in total. The number of ether oxygens (including phenoxy) is 1. The van der Waals surface area contributed by atoms with Crippen LogP contribution in [0.4, 0.5) is 0 Å². The number of aromatic nitrogens is 5. The number of aryl methyl sites for hydroxylation is 2. The van der Waals surface area contributed by atoms with E-state index in [4.69, 9.17) is 4.74 Å². The number of fused-ring (bicyclic) bond motifs is 1. The first-order valence-electron chi connectivity index (χ1n) is 8.15. The van der Waals surface area contributed by atoms with Crippen LogP contribution in [0.15, 0.2) is 54.2 Å². The summed E-state index contributed by atoms with van der Waals surface area (Å²) in [6.07, 6.45) is 6.11. The molecule has 4 rings (SSSR count). The molecule has 3 aromatic heterocycles. The highest BCUT2D eigenvalue weighted by Gasteiger charge is 2.24. The number of nitrogens with zero attached hydrogens (tertiary/aromatic N) is 5. The van der Waals surface area contributed by atoms with Crippen molar-refractivity contribution >= 4 is 21.1 Å². The highest BCUT2D eigenvalue weighted by Crippen LogP contribution is 2.29. The predicted molar refractivity (Wildman–Crippen MR) is 99.7 cm³/mol. The molecule has 0 unspecified atom stereocenters. The largest absolute Gasteiger partial charge is 0.494 e. The normalized spacial score (nSPS) is 11.8. The molecular formula is C18H17N5O3S. The molecule has 3 heterocycles. The summed E-state index contributed by atoms with van der Waals surface area (Å²) in [5.74, 6) is 1.03. The minimum atomic E-state index is -3.89. The van der Waals surface area contributed by atoms with Crippen LogP contribution in [-0.2, 0) is 10.0 Å². The van der Waals surface area contributed by atoms with Gasteiger partial charge in [-0.2, -0.15) is 0 Å². The van der Waals surface area contributed by atoms with Crippen LogP contribution in [0, 0.1) is 13.8 Å². The molecule has 27 heavy (non-hydrogen) atoms. The zero-order valence-corrected chi connectivity index (χ0v) is 15.8. The lowest BCUT2D eigenvalue weighted by atomic mass is 10.3. The van der Waals surface area contributed by atoms with Crippen molar-refractivity contribution in [1.29, 1.82) is 0 Å². The third-order valence-corrected chi connectivity index (χ3v) is 6.06. The maximum absolute atomic E-state index is 13.3. The minimum absolute atomic E-state index is 0.105. The molecule has 0 spiro atoms. The molecule has 1 aromatic carbocycles. The molecule has 9 heteroatoms. The van der Waals surface area contributed by atoms with E-state index in [0.29, 0.717) is 28.2 Å². The van der Waals surface area contributed by atoms with E-state index in [0.717, 1.165) is 9.67 Å². The van der Waals surface area contributed by atoms with E-state index in [-0.39, 0.29) is 4.90 Å². The average molecular weight is 383 g/mol. The van der Waals surface area contributed by atoms with Gasteiger partial charge >= 0.3 is 0 Å². The minimum Gasteiger partial charge on any atom is -0.494 e. The van der Waals surface area contributed by atoms with Crippen molar-refractivity contribution in [3.63, 3.8) is 0 Å². The van der Waals surface area contributed by atoms with Gasteiger partial charge in [-0.3, -0.25) is 4.57 Å². The second-order valence-electron chi connectivity index (χ2n) is 6.10. The molecule has 4 aromatic rings. The van der Waals surface area contributed by atoms with Crippen molar-refractivity contribution in [3.05, 3.63) is 60.6 Å². The van der Waals surface area contributed by atoms with Crippen LogP contribution in [0.5, 0.6) is 5.75 Å². The smallest absolute Gasteiger partial charge is 0.271 e. The third-order valence-electron chi connectivity index (χ3n) is 4.28. The molecule has 0 saturated heterocycles. The molecule has 0 atom stereocenters. The highest BCUT2D eigenvalue weighted by molar-refractivity contribution is 7.90. The number of benzene rings is 1. The third kappa shape index (κ3) is 2.76. The first-order valence-corrected chi connectivity index (χ1v) is 9.59. The number of methoxy groups -OCH3 is 1. The molecule has 0 saturated carbocycles. The van der Waals surface area contributed by atoms with Crippen LogP contribution in [-0.4, -0.2) is 39.0 Å². The number of rotatable bonds is 4. The van der Waals surface area contributed by atoms with E-state index in [1.54, 1.807) is 42.1 Å². The van der Waals surface area contributed by atoms with Crippen LogP contribution in [0.2, 0.25) is 0 Å². The summed E-state index contributed by atoms with van der Waals surface area (Å²) in [7, 11) is -2.40. The fourth-order valence-corrected chi connectivity index (χ4v) is 4.41. The van der Waals surface area contributed by atoms with Crippen LogP contribution < -0.4 is 4.74 Å². The molecule has 0 aliphatic rings. The van der Waals surface area contributed by atoms with E-state index in [2.05, 4.69) is 15.0 Å². The first-order chi connectivity index (χ1) is 12.9. The van der Waals surface area contributed by atoms with E-state index >= 15 is 0 Å². The molecule has 0 aliphatic carbocycles. The van der Waals surface area contributed by atoms with Gasteiger partial charge in [-0.15, -0.1) is 0 Å². The summed E-state index contributed by atoms with van der Waals surface area (Å²) in [6, 6.07) is 6.91. The zero-order chi connectivity index (χ0) is 19.2. The maximum Gasteiger partial charge on any atom is 0.271 e. The van der Waals surface area contributed by atoms with Gasteiger partial charge in [-0.05, 0) is 37.6 Å². The highest BCUT2D eigenvalue weighted by atomic mass is 32.2. The van der Waals surface area contributed by atoms with Gasteiger partial charge in [0.25, 0.3) is 10.0 Å². The van der Waals surface area contributed by atoms with Crippen molar-refractivity contribution in [2.45, 2.75) is 18.7 Å². The Labute approximate surface area is 156 Å². The molecule has 138 valence electrons. The fraction of sp³-hybridized carbons (Fsp3) is 0.167. The molecule has 0 fully saturated rings. The molecule has 0 N–H and O–H groups in total. The second-order valence-corrected chi connectivity index (χ2v) is 7.89. The van der Waals surface area contributed by atoms with Crippen molar-refractivity contribution in [1.82, 2.24) is 23.5 Å².